The van der Waals surface area contributed by atoms with Crippen LogP contribution in [0.15, 0.2) is 72.8 Å². The molecule has 2 aromatic carbocycles. The average molecular weight is 483 g/mol. The molecule has 6 nitrogen and oxygen atoms in total. The minimum absolute atomic E-state index is 0.302. The highest BCUT2D eigenvalue weighted by molar-refractivity contribution is 6.42. The van der Waals surface area contributed by atoms with E-state index in [1.54, 1.807) is 12.3 Å². The van der Waals surface area contributed by atoms with Crippen molar-refractivity contribution in [3.05, 3.63) is 105 Å². The summed E-state index contributed by atoms with van der Waals surface area (Å²) in [4.78, 5) is 8.75. The molecule has 2 aromatic heterocycles. The summed E-state index contributed by atoms with van der Waals surface area (Å²) >= 11 is 18.9. The molecular formula is C23H14Cl3N5O. The summed E-state index contributed by atoms with van der Waals surface area (Å²) in [5.74, 6) is 1.33. The van der Waals surface area contributed by atoms with Crippen LogP contribution in [0.25, 0.3) is 5.70 Å². The molecule has 0 spiro atoms. The van der Waals surface area contributed by atoms with E-state index in [1.165, 1.54) is 6.33 Å². The molecule has 1 N–H and O–H groups in total. The Bertz CT molecular complexity index is 1390. The molecule has 0 saturated heterocycles. The van der Waals surface area contributed by atoms with Gasteiger partial charge in [0.25, 0.3) is 0 Å². The fourth-order valence-electron chi connectivity index (χ4n) is 4.25. The summed E-state index contributed by atoms with van der Waals surface area (Å²) in [6.45, 7) is 0. The monoisotopic (exact) mass is 481 g/mol. The number of pyridine rings is 1. The molecule has 2 aliphatic heterocycles. The second-order valence-corrected chi connectivity index (χ2v) is 8.74. The van der Waals surface area contributed by atoms with Crippen molar-refractivity contribution >= 4 is 46.4 Å². The van der Waals surface area contributed by atoms with Crippen LogP contribution in [0.1, 0.15) is 28.8 Å². The minimum Gasteiger partial charge on any atom is -0.480 e. The van der Waals surface area contributed by atoms with E-state index in [4.69, 9.17) is 39.5 Å². The zero-order valence-corrected chi connectivity index (χ0v) is 18.6. The van der Waals surface area contributed by atoms with Gasteiger partial charge >= 0.3 is 0 Å². The van der Waals surface area contributed by atoms with Crippen molar-refractivity contribution in [2.24, 2.45) is 0 Å². The lowest BCUT2D eigenvalue weighted by Crippen LogP contribution is -2.32. The first kappa shape index (κ1) is 19.6. The van der Waals surface area contributed by atoms with Gasteiger partial charge in [-0.25, -0.2) is 4.68 Å². The fraction of sp³-hybridized carbons (Fsp3) is 0.0870. The van der Waals surface area contributed by atoms with Crippen molar-refractivity contribution in [3.8, 4) is 5.75 Å². The molecule has 9 heteroatoms. The molecule has 158 valence electrons. The number of halogens is 3. The molecule has 0 bridgehead atoms. The van der Waals surface area contributed by atoms with Crippen LogP contribution in [-0.2, 0) is 0 Å². The minimum atomic E-state index is -0.455. The Balaban J connectivity index is 1.64. The Kier molecular flexibility index (Phi) is 4.61. The largest absolute Gasteiger partial charge is 0.480 e. The summed E-state index contributed by atoms with van der Waals surface area (Å²) in [6.07, 6.45) is 4.64. The summed E-state index contributed by atoms with van der Waals surface area (Å²) in [6, 6.07) is 14.7. The first-order valence-electron chi connectivity index (χ1n) is 9.82. The number of hydrogen-bond acceptors (Lipinski definition) is 5. The summed E-state index contributed by atoms with van der Waals surface area (Å²) in [5, 5.41) is 9.48. The number of fused-ring (bicyclic) bond motifs is 3. The zero-order chi connectivity index (χ0) is 21.8. The highest BCUT2D eigenvalue weighted by Crippen LogP contribution is 2.51. The third-order valence-corrected chi connectivity index (χ3v) is 6.60. The second kappa shape index (κ2) is 7.52. The van der Waals surface area contributed by atoms with Crippen LogP contribution in [0.4, 0.5) is 5.95 Å². The predicted molar refractivity (Wildman–Crippen MR) is 124 cm³/mol. The predicted octanol–water partition coefficient (Wildman–Crippen LogP) is 6.19. The van der Waals surface area contributed by atoms with Crippen LogP contribution in [0.2, 0.25) is 15.1 Å². The van der Waals surface area contributed by atoms with Gasteiger partial charge in [-0.2, -0.15) is 10.1 Å². The number of hydrogen-bond donors (Lipinski definition) is 1. The van der Waals surface area contributed by atoms with Gasteiger partial charge in [0.1, 0.15) is 24.2 Å². The van der Waals surface area contributed by atoms with Gasteiger partial charge in [-0.3, -0.25) is 4.98 Å². The SMILES string of the molecule is Clc1ccc2c(c1)C1=C(C(c3ccc(Cl)c(Cl)c3)O2)C(c2cccnc2)n2ncnc2N1. The van der Waals surface area contributed by atoms with E-state index in [-0.39, 0.29) is 6.04 Å². The Morgan fingerprint density at radius 2 is 1.88 bits per heavy atom. The van der Waals surface area contributed by atoms with Gasteiger partial charge in [-0.05, 0) is 47.5 Å². The van der Waals surface area contributed by atoms with Crippen LogP contribution >= 0.6 is 34.8 Å². The highest BCUT2D eigenvalue weighted by atomic mass is 35.5. The number of ether oxygens (including phenoxy) is 1. The van der Waals surface area contributed by atoms with Crippen molar-refractivity contribution in [1.29, 1.82) is 0 Å². The van der Waals surface area contributed by atoms with E-state index < -0.39 is 6.10 Å². The van der Waals surface area contributed by atoms with Crippen molar-refractivity contribution in [1.82, 2.24) is 19.7 Å². The molecular weight excluding hydrogens is 469 g/mol. The van der Waals surface area contributed by atoms with Crippen molar-refractivity contribution in [2.45, 2.75) is 12.1 Å². The number of aromatic nitrogens is 4. The molecule has 4 heterocycles. The van der Waals surface area contributed by atoms with Gasteiger partial charge in [-0.15, -0.1) is 0 Å². The van der Waals surface area contributed by atoms with Crippen LogP contribution in [0, 0.1) is 0 Å². The molecule has 0 radical (unpaired) electrons. The number of nitrogens with zero attached hydrogens (tertiary/aromatic N) is 4. The third-order valence-electron chi connectivity index (χ3n) is 5.62. The van der Waals surface area contributed by atoms with E-state index in [0.29, 0.717) is 26.8 Å². The highest BCUT2D eigenvalue weighted by Gasteiger charge is 2.41. The molecule has 32 heavy (non-hydrogen) atoms. The van der Waals surface area contributed by atoms with Crippen LogP contribution in [0.3, 0.4) is 0 Å². The smallest absolute Gasteiger partial charge is 0.226 e. The van der Waals surface area contributed by atoms with E-state index in [0.717, 1.165) is 28.0 Å². The second-order valence-electron chi connectivity index (χ2n) is 7.48. The third kappa shape index (κ3) is 3.06. The molecule has 2 aliphatic rings. The average Bonchev–Trinajstić information content (AvgIpc) is 3.28. The first-order valence-corrected chi connectivity index (χ1v) is 11.0. The molecule has 6 rings (SSSR count). The molecule has 0 saturated carbocycles. The van der Waals surface area contributed by atoms with Crippen LogP contribution in [-0.4, -0.2) is 19.7 Å². The number of benzene rings is 2. The van der Waals surface area contributed by atoms with Gasteiger partial charge in [0, 0.05) is 28.6 Å². The standard InChI is InChI=1S/C23H14Cl3N5O/c24-14-4-6-18-15(9-14)20-19(22(32-18)12-3-5-16(25)17(26)8-12)21(13-2-1-7-27-10-13)31-23(30-20)28-11-29-31/h1-11,21-22H,(H,28,29,30). The van der Waals surface area contributed by atoms with Gasteiger partial charge < -0.3 is 10.1 Å². The van der Waals surface area contributed by atoms with E-state index in [9.17, 15) is 0 Å². The van der Waals surface area contributed by atoms with Gasteiger partial charge in [0.15, 0.2) is 0 Å². The topological polar surface area (TPSA) is 64.9 Å². The molecule has 2 unspecified atom stereocenters. The van der Waals surface area contributed by atoms with E-state index in [2.05, 4.69) is 20.4 Å². The number of rotatable bonds is 2. The maximum Gasteiger partial charge on any atom is 0.226 e. The summed E-state index contributed by atoms with van der Waals surface area (Å²) < 4.78 is 8.37. The van der Waals surface area contributed by atoms with Crippen molar-refractivity contribution in [3.63, 3.8) is 0 Å². The quantitative estimate of drug-likeness (QED) is 0.369. The van der Waals surface area contributed by atoms with Gasteiger partial charge in [-0.1, -0.05) is 46.9 Å². The molecule has 2 atom stereocenters. The van der Waals surface area contributed by atoms with E-state index in [1.807, 2.05) is 53.3 Å². The van der Waals surface area contributed by atoms with Gasteiger partial charge in [0.05, 0.1) is 15.7 Å². The lowest BCUT2D eigenvalue weighted by Gasteiger charge is -2.39. The maximum atomic E-state index is 6.54. The van der Waals surface area contributed by atoms with Crippen molar-refractivity contribution < 1.29 is 4.74 Å². The Hall–Kier alpha value is -3.06. The normalized spacial score (nSPS) is 18.8. The number of nitrogens with one attached hydrogen (secondary N) is 1. The fourth-order valence-corrected chi connectivity index (χ4v) is 4.73. The molecule has 0 fully saturated rings. The number of anilines is 1. The summed E-state index contributed by atoms with van der Waals surface area (Å²) in [7, 11) is 0. The van der Waals surface area contributed by atoms with Gasteiger partial charge in [0.2, 0.25) is 5.95 Å². The first-order chi connectivity index (χ1) is 15.6. The van der Waals surface area contributed by atoms with Crippen LogP contribution < -0.4 is 10.1 Å². The molecule has 0 amide bonds. The molecule has 4 aromatic rings. The summed E-state index contributed by atoms with van der Waals surface area (Å²) in [5.41, 5.74) is 4.49. The van der Waals surface area contributed by atoms with Crippen molar-refractivity contribution in [2.75, 3.05) is 5.32 Å². The Morgan fingerprint density at radius 1 is 0.969 bits per heavy atom. The lowest BCUT2D eigenvalue weighted by atomic mass is 9.85. The molecule has 0 aliphatic carbocycles. The van der Waals surface area contributed by atoms with E-state index >= 15 is 0 Å². The van der Waals surface area contributed by atoms with Crippen LogP contribution in [0.5, 0.6) is 5.75 Å². The maximum absolute atomic E-state index is 6.54. The Morgan fingerprint density at radius 3 is 2.69 bits per heavy atom. The zero-order valence-electron chi connectivity index (χ0n) is 16.3. The Labute approximate surface area is 198 Å². The lowest BCUT2D eigenvalue weighted by molar-refractivity contribution is 0.223.